The van der Waals surface area contributed by atoms with Crippen molar-refractivity contribution in [1.82, 2.24) is 29.6 Å². The van der Waals surface area contributed by atoms with Crippen LogP contribution in [-0.4, -0.2) is 53.9 Å². The third-order valence-corrected chi connectivity index (χ3v) is 6.20. The molecule has 1 aliphatic rings. The second kappa shape index (κ2) is 8.12. The van der Waals surface area contributed by atoms with Crippen LogP contribution < -0.4 is 0 Å². The van der Waals surface area contributed by atoms with Gasteiger partial charge in [0.05, 0.1) is 16.4 Å². The first-order valence-corrected chi connectivity index (χ1v) is 10.6. The van der Waals surface area contributed by atoms with Crippen molar-refractivity contribution in [2.24, 2.45) is 5.92 Å². The first-order valence-electron chi connectivity index (χ1n) is 10.3. The van der Waals surface area contributed by atoms with Crippen LogP contribution in [0.5, 0.6) is 0 Å². The normalized spacial score (nSPS) is 16.4. The number of aromatic nitrogens is 5. The van der Waals surface area contributed by atoms with E-state index in [2.05, 4.69) is 26.1 Å². The quantitative estimate of drug-likeness (QED) is 0.482. The van der Waals surface area contributed by atoms with Crippen molar-refractivity contribution >= 4 is 34.2 Å². The van der Waals surface area contributed by atoms with E-state index in [-0.39, 0.29) is 5.92 Å². The molecule has 1 unspecified atom stereocenters. The van der Waals surface area contributed by atoms with E-state index in [1.807, 2.05) is 43.6 Å². The number of rotatable bonds is 4. The summed E-state index contributed by atoms with van der Waals surface area (Å²) in [5.74, 6) is 0.0763. The molecule has 1 aliphatic heterocycles. The van der Waals surface area contributed by atoms with E-state index in [9.17, 15) is 9.90 Å². The van der Waals surface area contributed by atoms with Crippen LogP contribution in [0, 0.1) is 5.92 Å². The fourth-order valence-corrected chi connectivity index (χ4v) is 4.44. The topological polar surface area (TPSA) is 99.9 Å². The Hall–Kier alpha value is -3.65. The highest BCUT2D eigenvalue weighted by molar-refractivity contribution is 6.31. The van der Waals surface area contributed by atoms with Crippen molar-refractivity contribution in [3.8, 4) is 5.69 Å². The highest BCUT2D eigenvalue weighted by Crippen LogP contribution is 2.31. The number of hydrogen-bond donors (Lipinski definition) is 2. The molecule has 1 atom stereocenters. The van der Waals surface area contributed by atoms with E-state index in [0.717, 1.165) is 39.0 Å². The van der Waals surface area contributed by atoms with E-state index in [0.29, 0.717) is 24.5 Å². The lowest BCUT2D eigenvalue weighted by molar-refractivity contribution is 0.145. The summed E-state index contributed by atoms with van der Waals surface area (Å²) in [7, 11) is 0. The highest BCUT2D eigenvalue weighted by Gasteiger charge is 2.23. The smallest absolute Gasteiger partial charge is 0.407 e. The fraction of sp³-hybridized carbons (Fsp3) is 0.217. The Morgan fingerprint density at radius 3 is 2.94 bits per heavy atom. The predicted molar refractivity (Wildman–Crippen MR) is 122 cm³/mol. The number of aromatic amines is 1. The summed E-state index contributed by atoms with van der Waals surface area (Å²) in [5, 5.41) is 15.1. The summed E-state index contributed by atoms with van der Waals surface area (Å²) in [4.78, 5) is 24.6. The van der Waals surface area contributed by atoms with E-state index < -0.39 is 6.09 Å². The number of carboxylic acid groups (broad SMARTS) is 1. The average molecular weight is 449 g/mol. The molecular formula is C23H21ClN6O2. The molecule has 3 aromatic heterocycles. The predicted octanol–water partition coefficient (Wildman–Crippen LogP) is 4.40. The number of nitrogens with zero attached hydrogens (tertiary/aromatic N) is 5. The number of pyridine rings is 1. The number of carbonyl (C=O) groups is 1. The van der Waals surface area contributed by atoms with Crippen molar-refractivity contribution in [2.75, 3.05) is 13.1 Å². The van der Waals surface area contributed by atoms with Gasteiger partial charge < -0.3 is 15.0 Å². The maximum Gasteiger partial charge on any atom is 0.407 e. The van der Waals surface area contributed by atoms with Gasteiger partial charge in [0.15, 0.2) is 0 Å². The summed E-state index contributed by atoms with van der Waals surface area (Å²) >= 11 is 6.63. The van der Waals surface area contributed by atoms with Gasteiger partial charge in [-0.15, -0.1) is 0 Å². The molecule has 0 aliphatic carbocycles. The molecule has 32 heavy (non-hydrogen) atoms. The molecule has 2 N–H and O–H groups in total. The Morgan fingerprint density at radius 1 is 1.34 bits per heavy atom. The van der Waals surface area contributed by atoms with Crippen molar-refractivity contribution in [1.29, 1.82) is 0 Å². The molecule has 4 aromatic rings. The Bertz CT molecular complexity index is 1330. The molecular weight excluding hydrogens is 428 g/mol. The highest BCUT2D eigenvalue weighted by atomic mass is 35.5. The summed E-state index contributed by atoms with van der Waals surface area (Å²) in [6, 6.07) is 8.01. The van der Waals surface area contributed by atoms with Crippen LogP contribution in [0.4, 0.5) is 4.79 Å². The molecule has 162 valence electrons. The largest absolute Gasteiger partial charge is 0.465 e. The molecule has 0 saturated heterocycles. The van der Waals surface area contributed by atoms with Crippen LogP contribution in [-0.2, 0) is 6.42 Å². The number of benzene rings is 1. The van der Waals surface area contributed by atoms with Crippen molar-refractivity contribution < 1.29 is 9.90 Å². The van der Waals surface area contributed by atoms with E-state index in [1.54, 1.807) is 11.0 Å². The maximum absolute atomic E-state index is 11.2. The molecule has 0 bridgehead atoms. The zero-order valence-electron chi connectivity index (χ0n) is 17.4. The van der Waals surface area contributed by atoms with Gasteiger partial charge in [-0.3, -0.25) is 4.98 Å². The van der Waals surface area contributed by atoms with Gasteiger partial charge in [0.25, 0.3) is 0 Å². The van der Waals surface area contributed by atoms with Gasteiger partial charge in [0.1, 0.15) is 12.7 Å². The SMILES string of the molecule is CC1CN(C(=O)O)CC=C1c1cnc(Cc2c[nH]c3ccc(-n4cncn4)cc23)c(Cl)c1. The lowest BCUT2D eigenvalue weighted by Gasteiger charge is -2.29. The minimum absolute atomic E-state index is 0.0763. The molecule has 4 heterocycles. The van der Waals surface area contributed by atoms with Gasteiger partial charge in [-0.05, 0) is 46.9 Å². The number of H-pyrrole nitrogens is 1. The van der Waals surface area contributed by atoms with Gasteiger partial charge in [-0.2, -0.15) is 5.10 Å². The molecule has 8 nitrogen and oxygen atoms in total. The van der Waals surface area contributed by atoms with Gasteiger partial charge in [0.2, 0.25) is 0 Å². The Kier molecular flexibility index (Phi) is 5.14. The van der Waals surface area contributed by atoms with E-state index >= 15 is 0 Å². The maximum atomic E-state index is 11.2. The Labute approximate surface area is 189 Å². The van der Waals surface area contributed by atoms with E-state index in [4.69, 9.17) is 11.6 Å². The van der Waals surface area contributed by atoms with Crippen LogP contribution in [0.15, 0.2) is 55.4 Å². The van der Waals surface area contributed by atoms with Crippen LogP contribution in [0.2, 0.25) is 5.02 Å². The van der Waals surface area contributed by atoms with Crippen LogP contribution in [0.3, 0.4) is 0 Å². The van der Waals surface area contributed by atoms with Gasteiger partial charge in [-0.1, -0.05) is 24.6 Å². The van der Waals surface area contributed by atoms with Crippen LogP contribution in [0.25, 0.3) is 22.2 Å². The number of nitrogens with one attached hydrogen (secondary N) is 1. The van der Waals surface area contributed by atoms with Crippen molar-refractivity contribution in [3.63, 3.8) is 0 Å². The minimum atomic E-state index is -0.899. The molecule has 0 spiro atoms. The summed E-state index contributed by atoms with van der Waals surface area (Å²) in [6.45, 7) is 2.85. The molecule has 1 aromatic carbocycles. The fourth-order valence-electron chi connectivity index (χ4n) is 4.20. The number of hydrogen-bond acceptors (Lipinski definition) is 4. The monoisotopic (exact) mass is 448 g/mol. The minimum Gasteiger partial charge on any atom is -0.465 e. The third kappa shape index (κ3) is 3.73. The molecule has 0 saturated carbocycles. The first-order chi connectivity index (χ1) is 15.5. The average Bonchev–Trinajstić information content (AvgIpc) is 3.45. The summed E-state index contributed by atoms with van der Waals surface area (Å²) in [5.41, 5.74) is 5.85. The van der Waals surface area contributed by atoms with Crippen LogP contribution in [0.1, 0.15) is 23.7 Å². The second-order valence-electron chi connectivity index (χ2n) is 7.96. The van der Waals surface area contributed by atoms with Gasteiger partial charge >= 0.3 is 6.09 Å². The molecule has 9 heteroatoms. The molecule has 5 rings (SSSR count). The standard InChI is InChI=1S/C23H21ClN6O2/c1-14-11-29(23(31)32)5-4-18(14)15-6-20(24)22(27-9-15)7-16-10-26-21-3-2-17(8-19(16)21)30-13-25-12-28-30/h2-4,6,8-10,12-14,26H,5,7,11H2,1H3,(H,31,32). The lowest BCUT2D eigenvalue weighted by Crippen LogP contribution is -2.37. The second-order valence-corrected chi connectivity index (χ2v) is 8.37. The number of amides is 1. The van der Waals surface area contributed by atoms with Gasteiger partial charge in [-0.25, -0.2) is 14.5 Å². The molecule has 0 radical (unpaired) electrons. The Balaban J connectivity index is 1.42. The van der Waals surface area contributed by atoms with Gasteiger partial charge in [0, 0.05) is 42.8 Å². The molecule has 1 amide bonds. The number of fused-ring (bicyclic) bond motifs is 1. The third-order valence-electron chi connectivity index (χ3n) is 5.87. The zero-order valence-corrected chi connectivity index (χ0v) is 18.1. The molecule has 0 fully saturated rings. The lowest BCUT2D eigenvalue weighted by atomic mass is 9.91. The zero-order chi connectivity index (χ0) is 22.2. The van der Waals surface area contributed by atoms with Crippen molar-refractivity contribution in [3.05, 3.63) is 77.2 Å². The van der Waals surface area contributed by atoms with Crippen molar-refractivity contribution in [2.45, 2.75) is 13.3 Å². The van der Waals surface area contributed by atoms with E-state index in [1.165, 1.54) is 11.2 Å². The van der Waals surface area contributed by atoms with Crippen LogP contribution >= 0.6 is 11.6 Å². The summed E-state index contributed by atoms with van der Waals surface area (Å²) < 4.78 is 1.72. The first kappa shape index (κ1) is 20.3. The summed E-state index contributed by atoms with van der Waals surface area (Å²) in [6.07, 6.45) is 8.62. The Morgan fingerprint density at radius 2 is 2.22 bits per heavy atom. The number of halogens is 1.